The highest BCUT2D eigenvalue weighted by molar-refractivity contribution is 5.95. The topological polar surface area (TPSA) is 78.5 Å². The van der Waals surface area contributed by atoms with Crippen molar-refractivity contribution in [3.63, 3.8) is 0 Å². The molecule has 2 fully saturated rings. The molecule has 2 aliphatic heterocycles. The van der Waals surface area contributed by atoms with Crippen LogP contribution in [0.25, 0.3) is 0 Å². The van der Waals surface area contributed by atoms with E-state index in [1.807, 2.05) is 0 Å². The van der Waals surface area contributed by atoms with E-state index >= 15 is 0 Å². The summed E-state index contributed by atoms with van der Waals surface area (Å²) < 4.78 is 19.7. The van der Waals surface area contributed by atoms with Gasteiger partial charge in [0.2, 0.25) is 0 Å². The molecule has 1 atom stereocenters. The molecule has 2 N–H and O–H groups in total. The molecule has 122 valence electrons. The molecular weight excluding hydrogens is 289 g/mol. The van der Waals surface area contributed by atoms with Crippen molar-refractivity contribution in [2.75, 3.05) is 32.9 Å². The van der Waals surface area contributed by atoms with Crippen LogP contribution in [0.3, 0.4) is 0 Å². The standard InChI is InChI=1S/C15H22FN3O3/c16-15(10-20)4-1-5-19(9-15)14(21)12-8-17-18-13(12)11-2-6-22-7-3-11/h8,11,20H,1-7,9-10H2,(H,17,18). The molecule has 3 rings (SSSR count). The van der Waals surface area contributed by atoms with Crippen molar-refractivity contribution in [3.05, 3.63) is 17.5 Å². The van der Waals surface area contributed by atoms with E-state index in [9.17, 15) is 14.3 Å². The zero-order chi connectivity index (χ0) is 15.6. The van der Waals surface area contributed by atoms with Gasteiger partial charge >= 0.3 is 0 Å². The number of hydrogen-bond acceptors (Lipinski definition) is 4. The number of H-pyrrole nitrogens is 1. The monoisotopic (exact) mass is 311 g/mol. The van der Waals surface area contributed by atoms with E-state index in [1.165, 1.54) is 11.1 Å². The number of aromatic nitrogens is 2. The fourth-order valence-corrected chi connectivity index (χ4v) is 3.32. The van der Waals surface area contributed by atoms with Gasteiger partial charge in [0.25, 0.3) is 5.91 Å². The average molecular weight is 311 g/mol. The molecule has 0 radical (unpaired) electrons. The van der Waals surface area contributed by atoms with Crippen LogP contribution in [0.2, 0.25) is 0 Å². The third-order valence-corrected chi connectivity index (χ3v) is 4.63. The highest BCUT2D eigenvalue weighted by Gasteiger charge is 2.38. The van der Waals surface area contributed by atoms with Crippen LogP contribution < -0.4 is 0 Å². The number of likely N-dealkylation sites (tertiary alicyclic amines) is 1. The minimum Gasteiger partial charge on any atom is -0.393 e. The average Bonchev–Trinajstić information content (AvgIpc) is 3.04. The number of rotatable bonds is 3. The summed E-state index contributed by atoms with van der Waals surface area (Å²) in [7, 11) is 0. The van der Waals surface area contributed by atoms with Crippen LogP contribution in [0.1, 0.15) is 47.7 Å². The van der Waals surface area contributed by atoms with Gasteiger partial charge in [-0.05, 0) is 25.7 Å². The molecule has 7 heteroatoms. The SMILES string of the molecule is O=C(c1cn[nH]c1C1CCOCC1)N1CCCC(F)(CO)C1. The number of alkyl halides is 1. The van der Waals surface area contributed by atoms with E-state index < -0.39 is 12.3 Å². The summed E-state index contributed by atoms with van der Waals surface area (Å²) >= 11 is 0. The van der Waals surface area contributed by atoms with Crippen LogP contribution in [-0.4, -0.2) is 64.7 Å². The van der Waals surface area contributed by atoms with Gasteiger partial charge in [-0.25, -0.2) is 4.39 Å². The molecule has 1 aromatic heterocycles. The number of aliphatic hydroxyl groups excluding tert-OH is 1. The van der Waals surface area contributed by atoms with Crippen LogP contribution in [0.5, 0.6) is 0 Å². The molecular formula is C15H22FN3O3. The summed E-state index contributed by atoms with van der Waals surface area (Å²) in [6.07, 6.45) is 4.09. The Labute approximate surface area is 128 Å². The van der Waals surface area contributed by atoms with E-state index in [1.54, 1.807) is 0 Å². The van der Waals surface area contributed by atoms with E-state index in [0.29, 0.717) is 38.2 Å². The van der Waals surface area contributed by atoms with Crippen molar-refractivity contribution in [1.82, 2.24) is 15.1 Å². The van der Waals surface area contributed by atoms with Gasteiger partial charge in [0.1, 0.15) is 0 Å². The Morgan fingerprint density at radius 1 is 1.55 bits per heavy atom. The summed E-state index contributed by atoms with van der Waals surface area (Å²) in [5.41, 5.74) is -0.336. The summed E-state index contributed by atoms with van der Waals surface area (Å²) in [6.45, 7) is 1.27. The maximum atomic E-state index is 14.3. The summed E-state index contributed by atoms with van der Waals surface area (Å²) in [4.78, 5) is 14.2. The van der Waals surface area contributed by atoms with Gasteiger partial charge < -0.3 is 14.7 Å². The number of nitrogens with one attached hydrogen (secondary N) is 1. The Morgan fingerprint density at radius 3 is 3.05 bits per heavy atom. The first-order chi connectivity index (χ1) is 10.6. The third kappa shape index (κ3) is 3.01. The van der Waals surface area contributed by atoms with Gasteiger partial charge in [0.15, 0.2) is 5.67 Å². The number of piperidine rings is 1. The molecule has 3 heterocycles. The summed E-state index contributed by atoms with van der Waals surface area (Å²) in [5.74, 6) is 0.0263. The molecule has 2 aliphatic rings. The van der Waals surface area contributed by atoms with Gasteiger partial charge in [-0.3, -0.25) is 9.89 Å². The molecule has 0 spiro atoms. The molecule has 0 aromatic carbocycles. The second-order valence-electron chi connectivity index (χ2n) is 6.22. The van der Waals surface area contributed by atoms with Gasteiger partial charge in [0, 0.05) is 25.7 Å². The first-order valence-corrected chi connectivity index (χ1v) is 7.83. The lowest BCUT2D eigenvalue weighted by Crippen LogP contribution is -2.49. The smallest absolute Gasteiger partial charge is 0.257 e. The van der Waals surface area contributed by atoms with Crippen LogP contribution >= 0.6 is 0 Å². The van der Waals surface area contributed by atoms with Crippen LogP contribution in [0.4, 0.5) is 4.39 Å². The molecule has 1 aromatic rings. The number of nitrogens with zero attached hydrogens (tertiary/aromatic N) is 2. The normalized spacial score (nSPS) is 27.1. The Morgan fingerprint density at radius 2 is 2.32 bits per heavy atom. The van der Waals surface area contributed by atoms with Gasteiger partial charge in [-0.1, -0.05) is 0 Å². The number of amides is 1. The van der Waals surface area contributed by atoms with E-state index in [-0.39, 0.29) is 18.4 Å². The van der Waals surface area contributed by atoms with Gasteiger partial charge in [-0.2, -0.15) is 5.10 Å². The maximum Gasteiger partial charge on any atom is 0.257 e. The highest BCUT2D eigenvalue weighted by atomic mass is 19.1. The number of carbonyl (C=O) groups excluding carboxylic acids is 1. The zero-order valence-electron chi connectivity index (χ0n) is 12.6. The fourth-order valence-electron chi connectivity index (χ4n) is 3.32. The summed E-state index contributed by atoms with van der Waals surface area (Å²) in [6, 6.07) is 0. The van der Waals surface area contributed by atoms with Crippen LogP contribution in [-0.2, 0) is 4.74 Å². The van der Waals surface area contributed by atoms with E-state index in [0.717, 1.165) is 18.5 Å². The Kier molecular flexibility index (Phi) is 4.44. The molecule has 0 bridgehead atoms. The molecule has 1 amide bonds. The molecule has 22 heavy (non-hydrogen) atoms. The lowest BCUT2D eigenvalue weighted by atomic mass is 9.92. The van der Waals surface area contributed by atoms with Crippen molar-refractivity contribution < 1.29 is 19.0 Å². The molecule has 0 saturated carbocycles. The van der Waals surface area contributed by atoms with E-state index in [2.05, 4.69) is 10.2 Å². The summed E-state index contributed by atoms with van der Waals surface area (Å²) in [5, 5.41) is 16.1. The number of carbonyl (C=O) groups is 1. The van der Waals surface area contributed by atoms with Crippen LogP contribution in [0.15, 0.2) is 6.20 Å². The Bertz CT molecular complexity index is 530. The minimum atomic E-state index is -1.68. The second kappa shape index (κ2) is 6.34. The fraction of sp³-hybridized carbons (Fsp3) is 0.733. The largest absolute Gasteiger partial charge is 0.393 e. The van der Waals surface area contributed by atoms with E-state index in [4.69, 9.17) is 4.74 Å². The second-order valence-corrected chi connectivity index (χ2v) is 6.22. The zero-order valence-corrected chi connectivity index (χ0v) is 12.6. The minimum absolute atomic E-state index is 0.0548. The van der Waals surface area contributed by atoms with Crippen molar-refractivity contribution in [2.24, 2.45) is 0 Å². The number of hydrogen-bond donors (Lipinski definition) is 2. The molecule has 2 saturated heterocycles. The predicted octanol–water partition coefficient (Wildman–Crippen LogP) is 1.24. The molecule has 0 aliphatic carbocycles. The number of ether oxygens (including phenoxy) is 1. The van der Waals surface area contributed by atoms with Gasteiger partial charge in [0.05, 0.1) is 30.6 Å². The number of aliphatic hydroxyl groups is 1. The highest BCUT2D eigenvalue weighted by Crippen LogP contribution is 2.30. The number of aromatic amines is 1. The Hall–Kier alpha value is -1.47. The quantitative estimate of drug-likeness (QED) is 0.880. The number of halogens is 1. The van der Waals surface area contributed by atoms with Crippen molar-refractivity contribution in [2.45, 2.75) is 37.3 Å². The molecule has 6 nitrogen and oxygen atoms in total. The first kappa shape index (κ1) is 15.4. The molecule has 1 unspecified atom stereocenters. The van der Waals surface area contributed by atoms with Crippen molar-refractivity contribution in [3.8, 4) is 0 Å². The van der Waals surface area contributed by atoms with Gasteiger partial charge in [-0.15, -0.1) is 0 Å². The van der Waals surface area contributed by atoms with Crippen LogP contribution in [0, 0.1) is 0 Å². The third-order valence-electron chi connectivity index (χ3n) is 4.63. The predicted molar refractivity (Wildman–Crippen MR) is 77.4 cm³/mol. The first-order valence-electron chi connectivity index (χ1n) is 7.83. The lowest BCUT2D eigenvalue weighted by molar-refractivity contribution is 0.00163. The lowest BCUT2D eigenvalue weighted by Gasteiger charge is -2.36. The van der Waals surface area contributed by atoms with Crippen molar-refractivity contribution in [1.29, 1.82) is 0 Å². The Balaban J connectivity index is 1.76. The maximum absolute atomic E-state index is 14.3. The van der Waals surface area contributed by atoms with Crippen molar-refractivity contribution >= 4 is 5.91 Å².